The maximum Gasteiger partial charge on any atom is 0.305 e. The van der Waals surface area contributed by atoms with E-state index < -0.39 is 24.2 Å². The van der Waals surface area contributed by atoms with Crippen molar-refractivity contribution in [1.82, 2.24) is 4.98 Å². The molecule has 7 nitrogen and oxygen atoms in total. The lowest BCUT2D eigenvalue weighted by Crippen LogP contribution is -2.33. The molecular weight excluding hydrogens is 252 g/mol. The fraction of sp³-hybridized carbons (Fsp3) is 0.250. The van der Waals surface area contributed by atoms with Gasteiger partial charge in [0.1, 0.15) is 5.52 Å². The van der Waals surface area contributed by atoms with Gasteiger partial charge < -0.3 is 20.0 Å². The Kier molecular flexibility index (Phi) is 3.48. The van der Waals surface area contributed by atoms with E-state index in [1.807, 2.05) is 0 Å². The highest BCUT2D eigenvalue weighted by molar-refractivity contribution is 6.00. The molecule has 2 aromatic rings. The van der Waals surface area contributed by atoms with Crippen LogP contribution in [0.2, 0.25) is 0 Å². The number of nitrogens with two attached hydrogens (primary N) is 1. The minimum Gasteiger partial charge on any atom is -0.493 e. The third kappa shape index (κ3) is 2.55. The van der Waals surface area contributed by atoms with Gasteiger partial charge in [-0.1, -0.05) is 6.07 Å². The number of benzene rings is 1. The molecule has 0 fully saturated rings. The van der Waals surface area contributed by atoms with Gasteiger partial charge in [0.25, 0.3) is 5.89 Å². The number of para-hydroxylation sites is 1. The molecule has 7 heteroatoms. The lowest BCUT2D eigenvalue weighted by Gasteiger charge is -2.03. The van der Waals surface area contributed by atoms with E-state index in [9.17, 15) is 9.59 Å². The Morgan fingerprint density at radius 3 is 2.89 bits per heavy atom. The van der Waals surface area contributed by atoms with E-state index in [0.29, 0.717) is 16.8 Å². The quantitative estimate of drug-likeness (QED) is 0.768. The number of ether oxygens (including phenoxy) is 1. The average Bonchev–Trinajstić information content (AvgIpc) is 2.80. The van der Waals surface area contributed by atoms with Crippen molar-refractivity contribution in [2.24, 2.45) is 5.73 Å². The van der Waals surface area contributed by atoms with E-state index in [2.05, 4.69) is 4.98 Å². The van der Waals surface area contributed by atoms with Crippen molar-refractivity contribution in [3.8, 4) is 5.75 Å². The van der Waals surface area contributed by atoms with Crippen LogP contribution in [0, 0.1) is 0 Å². The second kappa shape index (κ2) is 5.07. The zero-order valence-electron chi connectivity index (χ0n) is 10.1. The molecule has 0 aliphatic rings. The third-order valence-electron chi connectivity index (χ3n) is 2.54. The van der Waals surface area contributed by atoms with Crippen LogP contribution in [0.15, 0.2) is 22.6 Å². The Morgan fingerprint density at radius 2 is 2.26 bits per heavy atom. The molecule has 1 heterocycles. The molecule has 3 N–H and O–H groups in total. The number of carboxylic acid groups (broad SMARTS) is 1. The molecule has 19 heavy (non-hydrogen) atoms. The summed E-state index contributed by atoms with van der Waals surface area (Å²) in [7, 11) is 1.47. The highest BCUT2D eigenvalue weighted by atomic mass is 16.5. The molecule has 1 atom stereocenters. The molecule has 0 aliphatic carbocycles. The normalized spacial score (nSPS) is 12.3. The van der Waals surface area contributed by atoms with Crippen molar-refractivity contribution in [2.75, 3.05) is 7.11 Å². The Bertz CT molecular complexity index is 634. The summed E-state index contributed by atoms with van der Waals surface area (Å²) in [5, 5.41) is 8.60. The van der Waals surface area contributed by atoms with E-state index in [1.54, 1.807) is 18.2 Å². The summed E-state index contributed by atoms with van der Waals surface area (Å²) in [5.74, 6) is -1.58. The van der Waals surface area contributed by atoms with E-state index in [-0.39, 0.29) is 5.89 Å². The fourth-order valence-corrected chi connectivity index (χ4v) is 1.63. The first kappa shape index (κ1) is 13.0. The monoisotopic (exact) mass is 264 g/mol. The lowest BCUT2D eigenvalue weighted by molar-refractivity contribution is -0.137. The van der Waals surface area contributed by atoms with Crippen molar-refractivity contribution in [1.29, 1.82) is 0 Å². The summed E-state index contributed by atoms with van der Waals surface area (Å²) in [6, 6.07) is 3.84. The van der Waals surface area contributed by atoms with Crippen molar-refractivity contribution in [2.45, 2.75) is 12.5 Å². The van der Waals surface area contributed by atoms with Crippen LogP contribution in [0.3, 0.4) is 0 Å². The number of aromatic nitrogens is 1. The van der Waals surface area contributed by atoms with Gasteiger partial charge >= 0.3 is 5.97 Å². The van der Waals surface area contributed by atoms with Gasteiger partial charge in [-0.3, -0.25) is 9.59 Å². The van der Waals surface area contributed by atoms with Crippen LogP contribution in [0.25, 0.3) is 11.1 Å². The zero-order valence-corrected chi connectivity index (χ0v) is 10.1. The van der Waals surface area contributed by atoms with E-state index in [4.69, 9.17) is 20.0 Å². The first-order valence-electron chi connectivity index (χ1n) is 5.48. The largest absolute Gasteiger partial charge is 0.493 e. The highest BCUT2D eigenvalue weighted by Gasteiger charge is 2.24. The molecule has 0 amide bonds. The van der Waals surface area contributed by atoms with Crippen LogP contribution >= 0.6 is 0 Å². The maximum absolute atomic E-state index is 11.9. The smallest absolute Gasteiger partial charge is 0.305 e. The minimum absolute atomic E-state index is 0.215. The number of carboxylic acids is 1. The fourth-order valence-electron chi connectivity index (χ4n) is 1.63. The van der Waals surface area contributed by atoms with Crippen molar-refractivity contribution >= 4 is 22.9 Å². The minimum atomic E-state index is -1.18. The third-order valence-corrected chi connectivity index (χ3v) is 2.54. The van der Waals surface area contributed by atoms with Crippen LogP contribution in [0.5, 0.6) is 5.75 Å². The lowest BCUT2D eigenvalue weighted by atomic mass is 10.1. The average molecular weight is 264 g/mol. The molecule has 0 spiro atoms. The Labute approximate surface area is 108 Å². The molecular formula is C12H12N2O5. The number of ketones is 1. The summed E-state index contributed by atoms with van der Waals surface area (Å²) < 4.78 is 10.4. The number of fused-ring (bicyclic) bond motifs is 1. The summed E-state index contributed by atoms with van der Waals surface area (Å²) in [5.41, 5.74) is 6.26. The standard InChI is InChI=1S/C12H12N2O5/c1-18-8-4-2-3-7-11(8)19-12(14-7)10(17)6(13)5-9(15)16/h2-4,6H,5,13H2,1H3,(H,15,16)/t6-/m0/s1. The molecule has 0 unspecified atom stereocenters. The van der Waals surface area contributed by atoms with Crippen LogP contribution in [0.4, 0.5) is 0 Å². The molecule has 0 aliphatic heterocycles. The topological polar surface area (TPSA) is 116 Å². The zero-order chi connectivity index (χ0) is 14.0. The molecule has 1 aromatic heterocycles. The summed E-state index contributed by atoms with van der Waals surface area (Å²) >= 11 is 0. The van der Waals surface area contributed by atoms with Crippen molar-refractivity contribution < 1.29 is 23.8 Å². The van der Waals surface area contributed by atoms with Crippen LogP contribution in [0.1, 0.15) is 17.1 Å². The molecule has 1 aromatic carbocycles. The van der Waals surface area contributed by atoms with Gasteiger partial charge in [-0.25, -0.2) is 4.98 Å². The van der Waals surface area contributed by atoms with E-state index >= 15 is 0 Å². The summed E-state index contributed by atoms with van der Waals surface area (Å²) in [6.45, 7) is 0. The van der Waals surface area contributed by atoms with E-state index in [0.717, 1.165) is 0 Å². The molecule has 0 saturated heterocycles. The number of carbonyl (C=O) groups excluding carboxylic acids is 1. The van der Waals surface area contributed by atoms with Gasteiger partial charge in [-0.05, 0) is 12.1 Å². The Morgan fingerprint density at radius 1 is 1.53 bits per heavy atom. The number of oxazole rings is 1. The SMILES string of the molecule is COc1cccc2nc(C(=O)[C@@H](N)CC(=O)O)oc12. The van der Waals surface area contributed by atoms with E-state index in [1.165, 1.54) is 7.11 Å². The number of aliphatic carboxylic acids is 1. The van der Waals surface area contributed by atoms with Gasteiger partial charge in [0.15, 0.2) is 11.3 Å². The number of rotatable bonds is 5. The molecule has 2 rings (SSSR count). The number of nitrogens with zero attached hydrogens (tertiary/aromatic N) is 1. The van der Waals surface area contributed by atoms with Gasteiger partial charge in [-0.15, -0.1) is 0 Å². The van der Waals surface area contributed by atoms with Crippen LogP contribution in [-0.4, -0.2) is 35.0 Å². The number of Topliss-reactive ketones (excluding diaryl/α,β-unsaturated/α-hetero) is 1. The molecule has 100 valence electrons. The summed E-state index contributed by atoms with van der Waals surface area (Å²) in [4.78, 5) is 26.4. The van der Waals surface area contributed by atoms with Crippen molar-refractivity contribution in [3.05, 3.63) is 24.1 Å². The molecule has 0 bridgehead atoms. The van der Waals surface area contributed by atoms with Gasteiger partial charge in [0.05, 0.1) is 19.6 Å². The second-order valence-corrected chi connectivity index (χ2v) is 3.90. The molecule has 0 radical (unpaired) electrons. The van der Waals surface area contributed by atoms with Gasteiger partial charge in [0.2, 0.25) is 5.78 Å². The van der Waals surface area contributed by atoms with Crippen molar-refractivity contribution in [3.63, 3.8) is 0 Å². The highest BCUT2D eigenvalue weighted by Crippen LogP contribution is 2.26. The van der Waals surface area contributed by atoms with Crippen LogP contribution < -0.4 is 10.5 Å². The number of carbonyl (C=O) groups is 2. The second-order valence-electron chi connectivity index (χ2n) is 3.90. The first-order chi connectivity index (χ1) is 9.02. The first-order valence-corrected chi connectivity index (χ1v) is 5.48. The predicted molar refractivity (Wildman–Crippen MR) is 65.1 cm³/mol. The Hall–Kier alpha value is -2.41. The van der Waals surface area contributed by atoms with Gasteiger partial charge in [0, 0.05) is 0 Å². The van der Waals surface area contributed by atoms with Gasteiger partial charge in [-0.2, -0.15) is 0 Å². The van der Waals surface area contributed by atoms with Crippen LogP contribution in [-0.2, 0) is 4.79 Å². The number of methoxy groups -OCH3 is 1. The predicted octanol–water partition coefficient (Wildman–Crippen LogP) is 0.821. The number of hydrogen-bond donors (Lipinski definition) is 2. The number of hydrogen-bond acceptors (Lipinski definition) is 6. The summed E-state index contributed by atoms with van der Waals surface area (Å²) in [6.07, 6.45) is -0.477. The molecule has 0 saturated carbocycles. The Balaban J connectivity index is 2.36. The maximum atomic E-state index is 11.9.